The zero-order valence-electron chi connectivity index (χ0n) is 16.6. The van der Waals surface area contributed by atoms with Gasteiger partial charge < -0.3 is 9.73 Å². The Morgan fingerprint density at radius 3 is 2.73 bits per heavy atom. The van der Waals surface area contributed by atoms with Crippen molar-refractivity contribution in [3.63, 3.8) is 0 Å². The van der Waals surface area contributed by atoms with Crippen LogP contribution >= 0.6 is 34.2 Å². The molecule has 0 aliphatic carbocycles. The van der Waals surface area contributed by atoms with Crippen molar-refractivity contribution in [3.8, 4) is 11.5 Å². The molecule has 3 aromatic carbocycles. The quantitative estimate of drug-likeness (QED) is 0.272. The van der Waals surface area contributed by atoms with Gasteiger partial charge in [0, 0.05) is 9.13 Å². The van der Waals surface area contributed by atoms with Gasteiger partial charge in [-0.1, -0.05) is 43.6 Å². The predicted molar refractivity (Wildman–Crippen MR) is 130 cm³/mol. The number of carbonyl (C=O) groups excluding carboxylic acids is 1. The fourth-order valence-corrected chi connectivity index (χ4v) is 4.00. The van der Waals surface area contributed by atoms with Gasteiger partial charge in [-0.3, -0.25) is 4.79 Å². The summed E-state index contributed by atoms with van der Waals surface area (Å²) in [7, 11) is 0. The summed E-state index contributed by atoms with van der Waals surface area (Å²) in [6.45, 7) is 4.37. The van der Waals surface area contributed by atoms with Gasteiger partial charge in [0.25, 0.3) is 5.91 Å². The van der Waals surface area contributed by atoms with Crippen LogP contribution in [0.4, 0.5) is 5.69 Å². The first kappa shape index (κ1) is 20.9. The molecule has 1 atom stereocenters. The molecule has 4 rings (SSSR count). The van der Waals surface area contributed by atoms with Crippen LogP contribution < -0.4 is 5.32 Å². The highest BCUT2D eigenvalue weighted by atomic mass is 127. The fraction of sp³-hybridized carbons (Fsp3) is 0.167. The minimum Gasteiger partial charge on any atom is -0.436 e. The number of hydrogen-bond acceptors (Lipinski definition) is 3. The van der Waals surface area contributed by atoms with Crippen LogP contribution in [-0.2, 0) is 0 Å². The Hall–Kier alpha value is -2.38. The number of aromatic nitrogens is 1. The van der Waals surface area contributed by atoms with Gasteiger partial charge in [-0.25, -0.2) is 4.98 Å². The third-order valence-corrected chi connectivity index (χ3v) is 6.44. The van der Waals surface area contributed by atoms with E-state index in [-0.39, 0.29) is 5.91 Å². The largest absolute Gasteiger partial charge is 0.436 e. The minimum atomic E-state index is -0.213. The van der Waals surface area contributed by atoms with E-state index in [4.69, 9.17) is 16.0 Å². The molecule has 0 fully saturated rings. The Morgan fingerprint density at radius 2 is 1.97 bits per heavy atom. The molecule has 0 spiro atoms. The second-order valence-electron chi connectivity index (χ2n) is 7.18. The normalized spacial score (nSPS) is 12.1. The SMILES string of the molecule is CCC(C)c1ccc2oc(-c3ccc(Cl)c(NC(=O)c4ccccc4I)c3)nc2c1. The average Bonchev–Trinajstić information content (AvgIpc) is 3.18. The predicted octanol–water partition coefficient (Wildman–Crippen LogP) is 7.52. The fourth-order valence-electron chi connectivity index (χ4n) is 3.20. The maximum atomic E-state index is 12.7. The van der Waals surface area contributed by atoms with Crippen LogP contribution in [0.5, 0.6) is 0 Å². The van der Waals surface area contributed by atoms with E-state index < -0.39 is 0 Å². The number of nitrogens with one attached hydrogen (secondary N) is 1. The Kier molecular flexibility index (Phi) is 6.11. The van der Waals surface area contributed by atoms with E-state index in [9.17, 15) is 4.79 Å². The van der Waals surface area contributed by atoms with Crippen molar-refractivity contribution in [2.24, 2.45) is 0 Å². The Morgan fingerprint density at radius 1 is 1.17 bits per heavy atom. The highest BCUT2D eigenvalue weighted by molar-refractivity contribution is 14.1. The zero-order valence-corrected chi connectivity index (χ0v) is 19.5. The van der Waals surface area contributed by atoms with Gasteiger partial charge in [0.1, 0.15) is 5.52 Å². The second kappa shape index (κ2) is 8.78. The van der Waals surface area contributed by atoms with Crippen molar-refractivity contribution in [3.05, 3.63) is 80.4 Å². The lowest BCUT2D eigenvalue weighted by Gasteiger charge is -2.09. The van der Waals surface area contributed by atoms with Gasteiger partial charge in [0.05, 0.1) is 16.3 Å². The highest BCUT2D eigenvalue weighted by Gasteiger charge is 2.15. The van der Waals surface area contributed by atoms with Crippen LogP contribution in [0.15, 0.2) is 65.1 Å². The molecule has 1 heterocycles. The minimum absolute atomic E-state index is 0.213. The number of halogens is 2. The first-order valence-corrected chi connectivity index (χ1v) is 11.2. The molecule has 1 N–H and O–H groups in total. The van der Waals surface area contributed by atoms with Crippen LogP contribution in [0.25, 0.3) is 22.6 Å². The number of rotatable bonds is 5. The lowest BCUT2D eigenvalue weighted by atomic mass is 9.98. The van der Waals surface area contributed by atoms with E-state index in [1.807, 2.05) is 30.3 Å². The summed E-state index contributed by atoms with van der Waals surface area (Å²) < 4.78 is 6.83. The molecular weight excluding hydrogens is 511 g/mol. The lowest BCUT2D eigenvalue weighted by molar-refractivity contribution is 0.102. The molecule has 1 aromatic heterocycles. The maximum Gasteiger partial charge on any atom is 0.256 e. The smallest absolute Gasteiger partial charge is 0.256 e. The van der Waals surface area contributed by atoms with E-state index in [0.717, 1.165) is 26.7 Å². The van der Waals surface area contributed by atoms with E-state index in [2.05, 4.69) is 58.9 Å². The monoisotopic (exact) mass is 530 g/mol. The second-order valence-corrected chi connectivity index (χ2v) is 8.75. The molecule has 152 valence electrons. The molecule has 0 aliphatic rings. The number of amides is 1. The van der Waals surface area contributed by atoms with Crippen LogP contribution in [0.3, 0.4) is 0 Å². The van der Waals surface area contributed by atoms with Gasteiger partial charge in [-0.05, 0) is 83.0 Å². The zero-order chi connectivity index (χ0) is 21.3. The molecular formula is C24H20ClIN2O2. The molecule has 4 aromatic rings. The average molecular weight is 531 g/mol. The van der Waals surface area contributed by atoms with E-state index in [1.165, 1.54) is 5.56 Å². The highest BCUT2D eigenvalue weighted by Crippen LogP contribution is 2.32. The molecule has 30 heavy (non-hydrogen) atoms. The van der Waals surface area contributed by atoms with Crippen molar-refractivity contribution in [1.29, 1.82) is 0 Å². The van der Waals surface area contributed by atoms with E-state index in [0.29, 0.717) is 28.1 Å². The number of carbonyl (C=O) groups is 1. The molecule has 4 nitrogen and oxygen atoms in total. The molecule has 0 saturated heterocycles. The maximum absolute atomic E-state index is 12.7. The molecule has 1 unspecified atom stereocenters. The number of fused-ring (bicyclic) bond motifs is 1. The summed E-state index contributed by atoms with van der Waals surface area (Å²) in [6, 6.07) is 18.9. The standard InChI is InChI=1S/C24H20ClIN2O2/c1-3-14(2)15-9-11-22-21(12-15)28-24(30-22)16-8-10-18(25)20(13-16)27-23(29)17-6-4-5-7-19(17)26/h4-14H,3H2,1-2H3,(H,27,29). The van der Waals surface area contributed by atoms with E-state index >= 15 is 0 Å². The van der Waals surface area contributed by atoms with Crippen molar-refractivity contribution in [1.82, 2.24) is 4.98 Å². The van der Waals surface area contributed by atoms with Gasteiger partial charge in [-0.15, -0.1) is 0 Å². The first-order valence-electron chi connectivity index (χ1n) is 9.72. The molecule has 0 saturated carbocycles. The van der Waals surface area contributed by atoms with Crippen LogP contribution in [-0.4, -0.2) is 10.9 Å². The van der Waals surface area contributed by atoms with Gasteiger partial charge in [0.2, 0.25) is 5.89 Å². The van der Waals surface area contributed by atoms with E-state index in [1.54, 1.807) is 18.2 Å². The van der Waals surface area contributed by atoms with Crippen LogP contribution in [0.1, 0.15) is 42.1 Å². The van der Waals surface area contributed by atoms with Crippen LogP contribution in [0, 0.1) is 3.57 Å². The first-order chi connectivity index (χ1) is 14.5. The molecule has 1 amide bonds. The Balaban J connectivity index is 1.66. The van der Waals surface area contributed by atoms with Crippen molar-refractivity contribution in [2.45, 2.75) is 26.2 Å². The van der Waals surface area contributed by atoms with Crippen molar-refractivity contribution >= 4 is 56.9 Å². The van der Waals surface area contributed by atoms with Crippen molar-refractivity contribution in [2.75, 3.05) is 5.32 Å². The summed E-state index contributed by atoms with van der Waals surface area (Å²) in [6.07, 6.45) is 1.07. The Labute approximate surface area is 193 Å². The lowest BCUT2D eigenvalue weighted by Crippen LogP contribution is -2.13. The summed E-state index contributed by atoms with van der Waals surface area (Å²) in [5, 5.41) is 3.35. The number of oxazole rings is 1. The van der Waals surface area contributed by atoms with Gasteiger partial charge in [0.15, 0.2) is 5.58 Å². The number of hydrogen-bond donors (Lipinski definition) is 1. The molecule has 0 aliphatic heterocycles. The summed E-state index contributed by atoms with van der Waals surface area (Å²) >= 11 is 8.48. The third-order valence-electron chi connectivity index (χ3n) is 5.17. The van der Waals surface area contributed by atoms with Gasteiger partial charge in [-0.2, -0.15) is 0 Å². The van der Waals surface area contributed by atoms with Gasteiger partial charge >= 0.3 is 0 Å². The molecule has 6 heteroatoms. The number of anilines is 1. The number of nitrogens with zero attached hydrogens (tertiary/aromatic N) is 1. The summed E-state index contributed by atoms with van der Waals surface area (Å²) in [4.78, 5) is 17.4. The number of benzene rings is 3. The Bertz CT molecular complexity index is 1240. The summed E-state index contributed by atoms with van der Waals surface area (Å²) in [5.74, 6) is 0.746. The topological polar surface area (TPSA) is 55.1 Å². The van der Waals surface area contributed by atoms with Crippen LogP contribution in [0.2, 0.25) is 5.02 Å². The summed E-state index contributed by atoms with van der Waals surface area (Å²) in [5.41, 5.74) is 4.66. The molecule has 0 radical (unpaired) electrons. The third kappa shape index (κ3) is 4.23. The van der Waals surface area contributed by atoms with Crippen molar-refractivity contribution < 1.29 is 9.21 Å². The molecule has 0 bridgehead atoms.